The maximum atomic E-state index is 4.56. The molecule has 8 aromatic carbocycles. The zero-order chi connectivity index (χ0) is 67.8. The molecule has 0 N–H and O–H groups in total. The van der Waals surface area contributed by atoms with Crippen molar-refractivity contribution >= 4 is 43.1 Å². The van der Waals surface area contributed by atoms with Gasteiger partial charge in [0.05, 0.1) is 44.7 Å². The van der Waals surface area contributed by atoms with Crippen molar-refractivity contribution in [3.05, 3.63) is 314 Å². The van der Waals surface area contributed by atoms with Gasteiger partial charge < -0.3 is 0 Å². The summed E-state index contributed by atoms with van der Waals surface area (Å²) >= 11 is 0. The van der Waals surface area contributed by atoms with E-state index in [4.69, 9.17) is 0 Å². The highest BCUT2D eigenvalue weighted by molar-refractivity contribution is 6.05. The van der Waals surface area contributed by atoms with E-state index < -0.39 is 0 Å². The van der Waals surface area contributed by atoms with Crippen LogP contribution in [0, 0.1) is 41.5 Å². The van der Waals surface area contributed by atoms with Crippen molar-refractivity contribution < 1.29 is 18.3 Å². The lowest BCUT2D eigenvalue weighted by atomic mass is 9.93. The summed E-state index contributed by atoms with van der Waals surface area (Å²) in [5, 5.41) is 9.60. The number of benzene rings is 8. The molecule has 0 saturated carbocycles. The van der Waals surface area contributed by atoms with Gasteiger partial charge in [-0.15, -0.1) is 0 Å². The number of rotatable bonds is 8. The molecule has 0 bridgehead atoms. The molecule has 0 saturated heterocycles. The summed E-state index contributed by atoms with van der Waals surface area (Å²) in [5.74, 6) is 1.45. The van der Waals surface area contributed by atoms with Gasteiger partial charge in [-0.05, 0) is 136 Å². The molecule has 12 heteroatoms. The minimum Gasteiger partial charge on any atom is -0.261 e. The smallest absolute Gasteiger partial charge is 0.220 e. The predicted molar refractivity (Wildman–Crippen MR) is 395 cm³/mol. The van der Waals surface area contributed by atoms with Crippen molar-refractivity contribution in [1.29, 1.82) is 0 Å². The normalized spacial score (nSPS) is 11.0. The highest BCUT2D eigenvalue weighted by atomic mass is 15.0. The second-order valence-electron chi connectivity index (χ2n) is 24.7. The molecule has 0 aliphatic rings. The van der Waals surface area contributed by atoms with Gasteiger partial charge in [-0.2, -0.15) is 0 Å². The number of fused-ring (bicyclic) bond motifs is 4. The number of nitrogens with zero attached hydrogens (tertiary/aromatic N) is 12. The standard InChI is InChI=1S/C24H23N2.2C21H18N3.C20H17N4/c1-16-14-17(2)18(3)22(15-16)24-21-9-7-8-20(19(21)11-13-26(24)4)23-10-5-6-12-25-23;1-15-7-3-4-8-16(15)20-18-9-5-10-19(17(18)11-14-24(20)2)21-22-12-6-13-23-21;1-15-6-3-4-7-16(15)21-19-9-5-8-18(17(19)10-13-24(21)2)20-14-22-11-12-23-20;1-14-6-3-4-7-15(14)19-17-8-5-9-18(16(17)10-11-24(19)2)20-22-12-21-13-23-20/h5-15H,1-4H3;2*3-14H,1-2H3;3-13H,1-2H3/q4*+1. The summed E-state index contributed by atoms with van der Waals surface area (Å²) in [6.45, 7) is 13.0. The van der Waals surface area contributed by atoms with E-state index in [2.05, 4.69) is 341 Å². The van der Waals surface area contributed by atoms with Crippen LogP contribution in [0.15, 0.2) is 281 Å². The highest BCUT2D eigenvalue weighted by Crippen LogP contribution is 2.38. The van der Waals surface area contributed by atoms with E-state index in [-0.39, 0.29) is 0 Å². The van der Waals surface area contributed by atoms with Crippen LogP contribution in [0.1, 0.15) is 33.4 Å². The largest absolute Gasteiger partial charge is 0.261 e. The second-order valence-corrected chi connectivity index (χ2v) is 24.7. The van der Waals surface area contributed by atoms with E-state index in [1.807, 2.05) is 30.6 Å². The quantitative estimate of drug-likeness (QED) is 0.138. The average molecular weight is 1280 g/mol. The molecular weight excluding hydrogens is 1200 g/mol. The first kappa shape index (κ1) is 64.4. The Kier molecular flexibility index (Phi) is 18.9. The topological polar surface area (TPSA) is 119 Å². The van der Waals surface area contributed by atoms with E-state index in [0.717, 1.165) is 39.3 Å². The summed E-state index contributed by atoms with van der Waals surface area (Å²) < 4.78 is 8.76. The first-order valence-corrected chi connectivity index (χ1v) is 32.8. The van der Waals surface area contributed by atoms with Gasteiger partial charge in [0.2, 0.25) is 22.8 Å². The SMILES string of the molecule is Cc1cc(C)c(C)c(-c2c3cccc(-c4ccccn4)c3cc[n+]2C)c1.Cc1ccccc1-c1c2cccc(-c3cnccn3)c2cc[n+]1C.Cc1ccccc1-c1c2cccc(-c3ncccn3)c2cc[n+]1C.Cc1ccccc1-c1c2cccc(-c3ncncn3)c2cc[n+]1C. The Morgan fingerprint density at radius 3 is 1.06 bits per heavy atom. The Balaban J connectivity index is 0.000000118. The Labute approximate surface area is 572 Å². The van der Waals surface area contributed by atoms with E-state index in [1.165, 1.54) is 134 Å². The third-order valence-corrected chi connectivity index (χ3v) is 18.3. The van der Waals surface area contributed by atoms with Crippen LogP contribution in [0.3, 0.4) is 0 Å². The highest BCUT2D eigenvalue weighted by Gasteiger charge is 2.24. The predicted octanol–water partition coefficient (Wildman–Crippen LogP) is 17.0. The van der Waals surface area contributed by atoms with Crippen LogP contribution in [-0.2, 0) is 28.2 Å². The lowest BCUT2D eigenvalue weighted by Gasteiger charge is -2.13. The van der Waals surface area contributed by atoms with Gasteiger partial charge in [0.25, 0.3) is 0 Å². The van der Waals surface area contributed by atoms with Crippen LogP contribution in [0.4, 0.5) is 0 Å². The summed E-state index contributed by atoms with van der Waals surface area (Å²) in [4.78, 5) is 34.6. The van der Waals surface area contributed by atoms with Crippen molar-refractivity contribution in [1.82, 2.24) is 39.9 Å². The van der Waals surface area contributed by atoms with Crippen LogP contribution >= 0.6 is 0 Å². The maximum absolute atomic E-state index is 4.56. The fourth-order valence-electron chi connectivity index (χ4n) is 13.4. The third-order valence-electron chi connectivity index (χ3n) is 18.3. The fourth-order valence-corrected chi connectivity index (χ4v) is 13.4. The average Bonchev–Trinajstić information content (AvgIpc) is 0.782. The van der Waals surface area contributed by atoms with Gasteiger partial charge in [-0.25, -0.2) is 43.2 Å². The molecule has 0 radical (unpaired) electrons. The minimum atomic E-state index is 0.695. The summed E-state index contributed by atoms with van der Waals surface area (Å²) in [6, 6.07) is 72.0. The molecule has 8 aromatic heterocycles. The fraction of sp³-hybridized carbons (Fsp3) is 0.116. The van der Waals surface area contributed by atoms with E-state index in [1.54, 1.807) is 24.8 Å². The molecule has 8 heterocycles. The summed E-state index contributed by atoms with van der Waals surface area (Å²) in [6.07, 6.45) is 22.2. The second kappa shape index (κ2) is 28.7. The molecular formula is C86H76N12+4. The maximum Gasteiger partial charge on any atom is 0.220 e. The molecule has 0 atom stereocenters. The molecule has 16 rings (SSSR count). The zero-order valence-electron chi connectivity index (χ0n) is 56.9. The van der Waals surface area contributed by atoms with Crippen LogP contribution in [0.5, 0.6) is 0 Å². The van der Waals surface area contributed by atoms with Crippen molar-refractivity contribution in [3.63, 3.8) is 0 Å². The Morgan fingerprint density at radius 2 is 0.633 bits per heavy atom. The molecule has 16 aromatic rings. The van der Waals surface area contributed by atoms with Crippen LogP contribution in [-0.4, -0.2) is 39.9 Å². The molecule has 0 aliphatic carbocycles. The Bertz CT molecular complexity index is 5170. The Morgan fingerprint density at radius 1 is 0.255 bits per heavy atom. The first-order valence-electron chi connectivity index (χ1n) is 32.8. The summed E-state index contributed by atoms with van der Waals surface area (Å²) in [7, 11) is 8.39. The molecule has 0 spiro atoms. The molecule has 0 amide bonds. The Hall–Kier alpha value is -12.3. The molecule has 0 aliphatic heterocycles. The van der Waals surface area contributed by atoms with Gasteiger partial charge in [-0.1, -0.05) is 121 Å². The lowest BCUT2D eigenvalue weighted by Crippen LogP contribution is -2.31. The van der Waals surface area contributed by atoms with Crippen molar-refractivity contribution in [2.45, 2.75) is 41.5 Å². The van der Waals surface area contributed by atoms with Gasteiger partial charge in [-0.3, -0.25) is 15.0 Å². The monoisotopic (exact) mass is 1280 g/mol. The van der Waals surface area contributed by atoms with Gasteiger partial charge in [0.1, 0.15) is 40.8 Å². The van der Waals surface area contributed by atoms with Crippen molar-refractivity contribution in [2.75, 3.05) is 0 Å². The number of hydrogen-bond donors (Lipinski definition) is 0. The number of aryl methyl sites for hydroxylation is 9. The van der Waals surface area contributed by atoms with Gasteiger partial charge in [0, 0.05) is 116 Å². The van der Waals surface area contributed by atoms with Crippen molar-refractivity contribution in [3.8, 4) is 90.3 Å². The number of aromatic nitrogens is 12. The lowest BCUT2D eigenvalue weighted by molar-refractivity contribution is -0.659. The minimum absolute atomic E-state index is 0.695. The molecule has 12 nitrogen and oxygen atoms in total. The zero-order valence-corrected chi connectivity index (χ0v) is 56.9. The number of pyridine rings is 5. The number of hydrogen-bond acceptors (Lipinski definition) is 8. The van der Waals surface area contributed by atoms with Crippen LogP contribution in [0.2, 0.25) is 0 Å². The van der Waals surface area contributed by atoms with Crippen LogP contribution in [0.25, 0.3) is 133 Å². The molecule has 0 fully saturated rings. The molecule has 476 valence electrons. The summed E-state index contributed by atoms with van der Waals surface area (Å²) in [5.41, 5.74) is 23.9. The van der Waals surface area contributed by atoms with Crippen molar-refractivity contribution in [2.24, 2.45) is 28.2 Å². The van der Waals surface area contributed by atoms with Gasteiger partial charge in [0.15, 0.2) is 36.4 Å². The van der Waals surface area contributed by atoms with E-state index >= 15 is 0 Å². The third kappa shape index (κ3) is 13.1. The van der Waals surface area contributed by atoms with E-state index in [0.29, 0.717) is 5.82 Å². The van der Waals surface area contributed by atoms with E-state index in [9.17, 15) is 0 Å². The molecule has 98 heavy (non-hydrogen) atoms. The first-order chi connectivity index (χ1) is 47.8. The van der Waals surface area contributed by atoms with Crippen LogP contribution < -0.4 is 18.3 Å². The van der Waals surface area contributed by atoms with Gasteiger partial charge >= 0.3 is 0 Å². The molecule has 0 unspecified atom stereocenters.